The fourth-order valence-corrected chi connectivity index (χ4v) is 3.15. The monoisotopic (exact) mass is 327 g/mol. The van der Waals surface area contributed by atoms with Crippen molar-refractivity contribution in [2.24, 2.45) is 0 Å². The van der Waals surface area contributed by atoms with Crippen molar-refractivity contribution < 1.29 is 12.6 Å². The van der Waals surface area contributed by atoms with Gasteiger partial charge in [-0.15, -0.1) is 0 Å². The van der Waals surface area contributed by atoms with Crippen molar-refractivity contribution in [1.82, 2.24) is 0 Å². The van der Waals surface area contributed by atoms with E-state index >= 15 is 0 Å². The Morgan fingerprint density at radius 3 is 2.50 bits per heavy atom. The summed E-state index contributed by atoms with van der Waals surface area (Å²) < 4.78 is 29.3. The van der Waals surface area contributed by atoms with Gasteiger partial charge >= 0.3 is 10.1 Å². The minimum atomic E-state index is -4.17. The van der Waals surface area contributed by atoms with Crippen molar-refractivity contribution in [3.05, 3.63) is 58.1 Å². The van der Waals surface area contributed by atoms with Crippen LogP contribution in [0.2, 0.25) is 10.0 Å². The zero-order chi connectivity index (χ0) is 14.8. The molecule has 2 aromatic carbocycles. The van der Waals surface area contributed by atoms with E-state index in [0.717, 1.165) is 0 Å². The van der Waals surface area contributed by atoms with Crippen LogP contribution in [0, 0.1) is 11.3 Å². The molecule has 0 aliphatic carbocycles. The zero-order valence-corrected chi connectivity index (χ0v) is 12.2. The predicted octanol–water partition coefficient (Wildman–Crippen LogP) is 3.63. The summed E-state index contributed by atoms with van der Waals surface area (Å²) in [5.74, 6) is -0.0638. The number of nitrogens with zero attached hydrogens (tertiary/aromatic N) is 1. The lowest BCUT2D eigenvalue weighted by Gasteiger charge is -2.09. The molecule has 0 amide bonds. The number of hydrogen-bond acceptors (Lipinski definition) is 4. The highest BCUT2D eigenvalue weighted by Gasteiger charge is 2.22. The lowest BCUT2D eigenvalue weighted by atomic mass is 10.2. The van der Waals surface area contributed by atoms with Crippen LogP contribution in [0.25, 0.3) is 0 Å². The Balaban J connectivity index is 2.47. The third-order valence-corrected chi connectivity index (χ3v) is 4.32. The normalized spacial score (nSPS) is 10.8. The van der Waals surface area contributed by atoms with Gasteiger partial charge in [0.2, 0.25) is 0 Å². The zero-order valence-electron chi connectivity index (χ0n) is 9.88. The number of benzene rings is 2. The SMILES string of the molecule is N#Cc1ccccc1OS(=O)(=O)c1cc(Cl)ccc1Cl. The molecule has 0 aromatic heterocycles. The fourth-order valence-electron chi connectivity index (χ4n) is 1.46. The minimum Gasteiger partial charge on any atom is -0.378 e. The molecular weight excluding hydrogens is 321 g/mol. The fraction of sp³-hybridized carbons (Fsp3) is 0. The first-order valence-electron chi connectivity index (χ1n) is 5.33. The topological polar surface area (TPSA) is 67.2 Å². The van der Waals surface area contributed by atoms with Gasteiger partial charge in [0.1, 0.15) is 11.0 Å². The van der Waals surface area contributed by atoms with Gasteiger partial charge in [-0.05, 0) is 30.3 Å². The lowest BCUT2D eigenvalue weighted by Crippen LogP contribution is -2.11. The molecule has 0 radical (unpaired) electrons. The number of nitriles is 1. The van der Waals surface area contributed by atoms with Gasteiger partial charge in [0.25, 0.3) is 0 Å². The Hall–Kier alpha value is -1.74. The summed E-state index contributed by atoms with van der Waals surface area (Å²) in [6.07, 6.45) is 0. The van der Waals surface area contributed by atoms with Crippen LogP contribution in [0.15, 0.2) is 47.4 Å². The van der Waals surface area contributed by atoms with E-state index in [-0.39, 0.29) is 26.3 Å². The van der Waals surface area contributed by atoms with Crippen molar-refractivity contribution >= 4 is 33.3 Å². The third-order valence-electron chi connectivity index (χ3n) is 2.37. The molecule has 2 rings (SSSR count). The first-order chi connectivity index (χ1) is 9.44. The van der Waals surface area contributed by atoms with Gasteiger partial charge in [0.15, 0.2) is 5.75 Å². The predicted molar refractivity (Wildman–Crippen MR) is 75.4 cm³/mol. The molecule has 0 saturated heterocycles. The van der Waals surface area contributed by atoms with Crippen molar-refractivity contribution in [2.45, 2.75) is 4.90 Å². The molecule has 4 nitrogen and oxygen atoms in total. The standard InChI is InChI=1S/C13H7Cl2NO3S/c14-10-5-6-11(15)13(7-10)20(17,18)19-12-4-2-1-3-9(12)8-16/h1-7H. The highest BCUT2D eigenvalue weighted by atomic mass is 35.5. The highest BCUT2D eigenvalue weighted by molar-refractivity contribution is 7.87. The van der Waals surface area contributed by atoms with E-state index in [2.05, 4.69) is 0 Å². The van der Waals surface area contributed by atoms with E-state index in [4.69, 9.17) is 32.6 Å². The number of halogens is 2. The van der Waals surface area contributed by atoms with Crippen LogP contribution in [0.3, 0.4) is 0 Å². The van der Waals surface area contributed by atoms with Crippen LogP contribution in [-0.2, 0) is 10.1 Å². The maximum atomic E-state index is 12.2. The second kappa shape index (κ2) is 5.71. The summed E-state index contributed by atoms with van der Waals surface area (Å²) in [5.41, 5.74) is 0.106. The Morgan fingerprint density at radius 2 is 1.80 bits per heavy atom. The largest absolute Gasteiger partial charge is 0.378 e. The summed E-state index contributed by atoms with van der Waals surface area (Å²) in [6.45, 7) is 0. The Morgan fingerprint density at radius 1 is 1.10 bits per heavy atom. The van der Waals surface area contributed by atoms with Gasteiger partial charge < -0.3 is 4.18 Å². The van der Waals surface area contributed by atoms with Gasteiger partial charge in [0.05, 0.1) is 10.6 Å². The van der Waals surface area contributed by atoms with Crippen LogP contribution < -0.4 is 4.18 Å². The summed E-state index contributed by atoms with van der Waals surface area (Å²) in [4.78, 5) is -0.251. The summed E-state index contributed by atoms with van der Waals surface area (Å²) in [6, 6.07) is 11.9. The highest BCUT2D eigenvalue weighted by Crippen LogP contribution is 2.28. The van der Waals surface area contributed by atoms with Gasteiger partial charge in [-0.2, -0.15) is 13.7 Å². The van der Waals surface area contributed by atoms with Crippen LogP contribution in [0.5, 0.6) is 5.75 Å². The molecule has 0 bridgehead atoms. The first-order valence-corrected chi connectivity index (χ1v) is 7.49. The molecule has 0 atom stereocenters. The summed E-state index contributed by atoms with van der Waals surface area (Å²) in [7, 11) is -4.17. The molecule has 0 unspecified atom stereocenters. The molecule has 0 N–H and O–H groups in total. The summed E-state index contributed by atoms with van der Waals surface area (Å²) in [5, 5.41) is 9.12. The van der Waals surface area contributed by atoms with E-state index < -0.39 is 10.1 Å². The maximum absolute atomic E-state index is 12.2. The molecule has 0 heterocycles. The number of hydrogen-bond donors (Lipinski definition) is 0. The van der Waals surface area contributed by atoms with Crippen LogP contribution >= 0.6 is 23.2 Å². The number of para-hydroxylation sites is 1. The Labute approximate surface area is 126 Å². The molecule has 0 aliphatic heterocycles. The van der Waals surface area contributed by atoms with Crippen LogP contribution in [0.4, 0.5) is 0 Å². The molecule has 7 heteroatoms. The molecule has 0 aliphatic rings. The third kappa shape index (κ3) is 3.05. The molecular formula is C13H7Cl2NO3S. The van der Waals surface area contributed by atoms with Crippen molar-refractivity contribution in [2.75, 3.05) is 0 Å². The van der Waals surface area contributed by atoms with E-state index in [1.54, 1.807) is 12.1 Å². The van der Waals surface area contributed by atoms with Crippen LogP contribution in [-0.4, -0.2) is 8.42 Å². The van der Waals surface area contributed by atoms with Crippen molar-refractivity contribution in [1.29, 1.82) is 5.26 Å². The smallest absolute Gasteiger partial charge is 0.340 e. The lowest BCUT2D eigenvalue weighted by molar-refractivity contribution is 0.485. The van der Waals surface area contributed by atoms with E-state index in [1.807, 2.05) is 6.07 Å². The van der Waals surface area contributed by atoms with E-state index in [1.165, 1.54) is 30.3 Å². The van der Waals surface area contributed by atoms with Crippen molar-refractivity contribution in [3.63, 3.8) is 0 Å². The van der Waals surface area contributed by atoms with Gasteiger partial charge in [-0.3, -0.25) is 0 Å². The molecule has 0 fully saturated rings. The molecule has 0 spiro atoms. The average molecular weight is 328 g/mol. The van der Waals surface area contributed by atoms with Crippen molar-refractivity contribution in [3.8, 4) is 11.8 Å². The van der Waals surface area contributed by atoms with Crippen LogP contribution in [0.1, 0.15) is 5.56 Å². The second-order valence-corrected chi connectivity index (χ2v) is 6.08. The second-order valence-electron chi connectivity index (χ2n) is 3.72. The van der Waals surface area contributed by atoms with E-state index in [9.17, 15) is 8.42 Å². The Bertz CT molecular complexity index is 798. The van der Waals surface area contributed by atoms with Gasteiger partial charge in [-0.1, -0.05) is 35.3 Å². The summed E-state index contributed by atoms with van der Waals surface area (Å²) >= 11 is 11.6. The minimum absolute atomic E-state index is 0.0103. The van der Waals surface area contributed by atoms with Gasteiger partial charge in [0, 0.05) is 5.02 Å². The Kier molecular flexibility index (Phi) is 4.19. The molecule has 102 valence electrons. The average Bonchev–Trinajstić information content (AvgIpc) is 2.41. The molecule has 2 aromatic rings. The van der Waals surface area contributed by atoms with Gasteiger partial charge in [-0.25, -0.2) is 0 Å². The quantitative estimate of drug-likeness (QED) is 0.807. The molecule has 20 heavy (non-hydrogen) atoms. The molecule has 0 saturated carbocycles. The number of rotatable bonds is 3. The first kappa shape index (κ1) is 14.7. The maximum Gasteiger partial charge on any atom is 0.340 e. The van der Waals surface area contributed by atoms with E-state index in [0.29, 0.717) is 0 Å².